The molecule has 18 heavy (non-hydrogen) atoms. The van der Waals surface area contributed by atoms with Crippen LogP contribution in [0.1, 0.15) is 23.4 Å². The third-order valence-corrected chi connectivity index (χ3v) is 4.21. The molecule has 2 N–H and O–H groups in total. The third-order valence-electron chi connectivity index (χ3n) is 2.93. The van der Waals surface area contributed by atoms with Crippen LogP contribution in [0.15, 0.2) is 35.8 Å². The summed E-state index contributed by atoms with van der Waals surface area (Å²) in [7, 11) is 2.03. The van der Waals surface area contributed by atoms with Gasteiger partial charge >= 0.3 is 0 Å². The minimum atomic E-state index is 0.299. The predicted octanol–water partition coefficient (Wildman–Crippen LogP) is 2.97. The molecule has 0 saturated carbocycles. The number of anilines is 1. The van der Waals surface area contributed by atoms with Gasteiger partial charge in [-0.1, -0.05) is 18.3 Å². The second-order valence-corrected chi connectivity index (χ2v) is 5.49. The van der Waals surface area contributed by atoms with Gasteiger partial charge in [-0.2, -0.15) is 0 Å². The molecule has 2 rings (SSSR count). The van der Waals surface area contributed by atoms with Crippen LogP contribution in [-0.2, 0) is 0 Å². The van der Waals surface area contributed by atoms with Crippen molar-refractivity contribution < 1.29 is 0 Å². The molecule has 5 heteroatoms. The van der Waals surface area contributed by atoms with Crippen molar-refractivity contribution in [2.75, 3.05) is 11.9 Å². The number of thiocarbonyl (C=S) groups is 1. The van der Waals surface area contributed by atoms with Crippen LogP contribution >= 0.6 is 23.6 Å². The van der Waals surface area contributed by atoms with Crippen molar-refractivity contribution in [2.45, 2.75) is 13.0 Å². The van der Waals surface area contributed by atoms with Crippen molar-refractivity contribution in [1.29, 1.82) is 0 Å². The molecule has 2 heterocycles. The van der Waals surface area contributed by atoms with Crippen molar-refractivity contribution in [3.63, 3.8) is 0 Å². The van der Waals surface area contributed by atoms with Crippen LogP contribution in [0.25, 0.3) is 0 Å². The van der Waals surface area contributed by atoms with E-state index in [0.29, 0.717) is 11.0 Å². The van der Waals surface area contributed by atoms with E-state index in [9.17, 15) is 0 Å². The molecule has 1 atom stereocenters. The molecule has 0 amide bonds. The number of thiophene rings is 1. The van der Waals surface area contributed by atoms with Crippen molar-refractivity contribution in [1.82, 2.24) is 4.98 Å². The molecule has 0 aromatic carbocycles. The average molecular weight is 277 g/mol. The summed E-state index contributed by atoms with van der Waals surface area (Å²) in [6, 6.07) is 8.34. The van der Waals surface area contributed by atoms with Gasteiger partial charge in [0.2, 0.25) is 0 Å². The molecule has 2 aromatic rings. The van der Waals surface area contributed by atoms with Gasteiger partial charge in [-0.25, -0.2) is 4.98 Å². The number of rotatable bonds is 4. The van der Waals surface area contributed by atoms with Gasteiger partial charge in [0.25, 0.3) is 0 Å². The average Bonchev–Trinajstić information content (AvgIpc) is 2.91. The molecule has 0 spiro atoms. The number of hydrogen-bond donors (Lipinski definition) is 1. The van der Waals surface area contributed by atoms with E-state index in [4.69, 9.17) is 18.0 Å². The molecule has 0 saturated heterocycles. The van der Waals surface area contributed by atoms with Gasteiger partial charge in [-0.05, 0) is 30.5 Å². The van der Waals surface area contributed by atoms with E-state index in [2.05, 4.69) is 34.3 Å². The molecule has 1 unspecified atom stereocenters. The highest BCUT2D eigenvalue weighted by molar-refractivity contribution is 7.80. The van der Waals surface area contributed by atoms with Crippen molar-refractivity contribution >= 4 is 34.4 Å². The van der Waals surface area contributed by atoms with Gasteiger partial charge in [0, 0.05) is 23.7 Å². The Morgan fingerprint density at radius 1 is 1.44 bits per heavy atom. The van der Waals surface area contributed by atoms with Crippen LogP contribution in [0, 0.1) is 0 Å². The van der Waals surface area contributed by atoms with Crippen molar-refractivity contribution in [2.24, 2.45) is 5.73 Å². The first-order valence-corrected chi connectivity index (χ1v) is 6.90. The van der Waals surface area contributed by atoms with Crippen molar-refractivity contribution in [3.8, 4) is 0 Å². The number of aromatic nitrogens is 1. The molecule has 2 aromatic heterocycles. The van der Waals surface area contributed by atoms with Crippen LogP contribution in [0.4, 0.5) is 5.82 Å². The summed E-state index contributed by atoms with van der Waals surface area (Å²) in [6.07, 6.45) is 1.72. The van der Waals surface area contributed by atoms with Gasteiger partial charge in [0.1, 0.15) is 10.8 Å². The summed E-state index contributed by atoms with van der Waals surface area (Å²) in [5.41, 5.74) is 6.35. The molecule has 0 fully saturated rings. The zero-order valence-electron chi connectivity index (χ0n) is 10.3. The standard InChI is InChI=1S/C13H15N3S2/c1-9(11-4-3-7-18-11)16(2)12-6-5-10(8-15-12)13(14)17/h3-9H,1-2H3,(H2,14,17). The van der Waals surface area contributed by atoms with E-state index < -0.39 is 0 Å². The zero-order valence-corrected chi connectivity index (χ0v) is 12.0. The van der Waals surface area contributed by atoms with Crippen LogP contribution in [0.5, 0.6) is 0 Å². The number of hydrogen-bond acceptors (Lipinski definition) is 4. The highest BCUT2D eigenvalue weighted by atomic mass is 32.1. The first kappa shape index (κ1) is 13.0. The Kier molecular flexibility index (Phi) is 3.93. The smallest absolute Gasteiger partial charge is 0.128 e. The van der Waals surface area contributed by atoms with E-state index in [1.165, 1.54) is 4.88 Å². The summed E-state index contributed by atoms with van der Waals surface area (Å²) >= 11 is 6.67. The summed E-state index contributed by atoms with van der Waals surface area (Å²) in [4.78, 5) is 8.22. The second-order valence-electron chi connectivity index (χ2n) is 4.07. The molecule has 0 aliphatic carbocycles. The zero-order chi connectivity index (χ0) is 13.1. The number of nitrogens with zero attached hydrogens (tertiary/aromatic N) is 2. The normalized spacial score (nSPS) is 12.1. The lowest BCUT2D eigenvalue weighted by Crippen LogP contribution is -2.22. The molecule has 0 radical (unpaired) electrons. The highest BCUT2D eigenvalue weighted by Gasteiger charge is 2.14. The van der Waals surface area contributed by atoms with Gasteiger partial charge in [0.15, 0.2) is 0 Å². The monoisotopic (exact) mass is 277 g/mol. The van der Waals surface area contributed by atoms with E-state index in [1.807, 2.05) is 19.2 Å². The minimum absolute atomic E-state index is 0.299. The lowest BCUT2D eigenvalue weighted by molar-refractivity contribution is 0.742. The van der Waals surface area contributed by atoms with Crippen LogP contribution in [0.3, 0.4) is 0 Å². The van der Waals surface area contributed by atoms with Crippen LogP contribution in [-0.4, -0.2) is 17.0 Å². The Balaban J connectivity index is 2.18. The first-order valence-electron chi connectivity index (χ1n) is 5.61. The van der Waals surface area contributed by atoms with E-state index >= 15 is 0 Å². The molecular formula is C13H15N3S2. The SMILES string of the molecule is CC(c1cccs1)N(C)c1ccc(C(N)=S)cn1. The van der Waals surface area contributed by atoms with Gasteiger partial charge in [-0.15, -0.1) is 11.3 Å². The Labute approximate surface area is 116 Å². The quantitative estimate of drug-likeness (QED) is 0.872. The maximum Gasteiger partial charge on any atom is 0.128 e. The lowest BCUT2D eigenvalue weighted by atomic mass is 10.2. The molecular weight excluding hydrogens is 262 g/mol. The summed E-state index contributed by atoms with van der Waals surface area (Å²) in [5, 5.41) is 2.09. The van der Waals surface area contributed by atoms with E-state index in [-0.39, 0.29) is 0 Å². The largest absolute Gasteiger partial charge is 0.389 e. The highest BCUT2D eigenvalue weighted by Crippen LogP contribution is 2.26. The Hall–Kier alpha value is -1.46. The fourth-order valence-electron chi connectivity index (χ4n) is 1.66. The van der Waals surface area contributed by atoms with Crippen LogP contribution in [0.2, 0.25) is 0 Å². The maximum absolute atomic E-state index is 5.56. The predicted molar refractivity (Wildman–Crippen MR) is 81.3 cm³/mol. The topological polar surface area (TPSA) is 42.1 Å². The molecule has 0 bridgehead atoms. The Morgan fingerprint density at radius 3 is 2.72 bits per heavy atom. The van der Waals surface area contributed by atoms with E-state index in [0.717, 1.165) is 11.4 Å². The number of nitrogens with two attached hydrogens (primary N) is 1. The van der Waals surface area contributed by atoms with Gasteiger partial charge < -0.3 is 10.6 Å². The van der Waals surface area contributed by atoms with Crippen LogP contribution < -0.4 is 10.6 Å². The fraction of sp³-hybridized carbons (Fsp3) is 0.231. The summed E-state index contributed by atoms with van der Waals surface area (Å²) < 4.78 is 0. The molecule has 94 valence electrons. The van der Waals surface area contributed by atoms with Gasteiger partial charge in [0.05, 0.1) is 6.04 Å². The van der Waals surface area contributed by atoms with Gasteiger partial charge in [-0.3, -0.25) is 0 Å². The Morgan fingerprint density at radius 2 is 2.22 bits per heavy atom. The van der Waals surface area contributed by atoms with E-state index in [1.54, 1.807) is 17.5 Å². The Bertz CT molecular complexity index is 520. The molecule has 0 aliphatic heterocycles. The summed E-state index contributed by atoms with van der Waals surface area (Å²) in [5.74, 6) is 0.913. The third kappa shape index (κ3) is 2.68. The van der Waals surface area contributed by atoms with Crippen molar-refractivity contribution in [3.05, 3.63) is 46.3 Å². The molecule has 3 nitrogen and oxygen atoms in total. The lowest BCUT2D eigenvalue weighted by Gasteiger charge is -2.25. The maximum atomic E-state index is 5.56. The first-order chi connectivity index (χ1) is 8.59. The second kappa shape index (κ2) is 5.46. The minimum Gasteiger partial charge on any atom is -0.389 e. The molecule has 0 aliphatic rings. The number of pyridine rings is 1. The summed E-state index contributed by atoms with van der Waals surface area (Å²) in [6.45, 7) is 2.16. The fourth-order valence-corrected chi connectivity index (χ4v) is 2.61.